The molecule has 64 heavy (non-hydrogen) atoms. The molecule has 3 aliphatic carbocycles. The molecular formula is C55H49F6O2Si. The molecule has 327 valence electrons. The maximum Gasteiger partial charge on any atom is 0.416 e. The van der Waals surface area contributed by atoms with Crippen LogP contribution in [0.2, 0.25) is 13.1 Å². The smallest absolute Gasteiger partial charge is 0.416 e. The minimum atomic E-state index is -4.57. The molecule has 0 N–H and O–H groups in total. The first-order valence-electron chi connectivity index (χ1n) is 21.8. The molecule has 0 aromatic heterocycles. The van der Waals surface area contributed by atoms with Crippen molar-refractivity contribution in [3.8, 4) is 34.1 Å². The Balaban J connectivity index is 1.43. The summed E-state index contributed by atoms with van der Waals surface area (Å²) in [6.07, 6.45) is -4.20. The summed E-state index contributed by atoms with van der Waals surface area (Å²) in [7, 11) is -1.07. The Bertz CT molecular complexity index is 2880. The molecule has 0 aliphatic heterocycles. The minimum absolute atomic E-state index is 0.164. The Morgan fingerprint density at radius 3 is 1.48 bits per heavy atom. The maximum atomic E-state index is 14.0. The fourth-order valence-electron chi connectivity index (χ4n) is 9.95. The lowest BCUT2D eigenvalue weighted by atomic mass is 9.74. The fraction of sp³-hybridized carbons (Fsp3) is 0.273. The number of halogens is 6. The predicted octanol–water partition coefficient (Wildman–Crippen LogP) is 16.2. The maximum absolute atomic E-state index is 14.0. The second-order valence-electron chi connectivity index (χ2n) is 18.3. The van der Waals surface area contributed by atoms with Gasteiger partial charge < -0.3 is 9.47 Å². The molecule has 0 spiro atoms. The van der Waals surface area contributed by atoms with Gasteiger partial charge in [-0.3, -0.25) is 0 Å². The number of rotatable bonds is 9. The standard InChI is InChI=1S/C55H49F6O2Si/c1-29(2)33-12-22-42-36(26-33)24-31(5)46(42)50-49-44(28-35-10-9-11-45(48(35)49)64(7)8)52(62-40-18-14-38(15-19-40)54(56,57)58)53(63-41-20-16-39(17-21-41)55(59,60)61)51(50)47-32(6)25-37-27-34(30(3)4)13-23-43(37)47/h9-27,29-30,46-47H,28H2,1-8H3. The first-order chi connectivity index (χ1) is 30.3. The second kappa shape index (κ2) is 16.0. The largest absolute Gasteiger partial charge is 0.453 e. The first kappa shape index (κ1) is 43.4. The van der Waals surface area contributed by atoms with Gasteiger partial charge in [0, 0.05) is 29.4 Å². The van der Waals surface area contributed by atoms with E-state index in [0.717, 1.165) is 91.0 Å². The Labute approximate surface area is 372 Å². The van der Waals surface area contributed by atoms with Crippen molar-refractivity contribution in [1.29, 1.82) is 0 Å². The van der Waals surface area contributed by atoms with Gasteiger partial charge in [-0.2, -0.15) is 26.3 Å². The van der Waals surface area contributed by atoms with Crippen LogP contribution in [0.25, 0.3) is 23.3 Å². The highest BCUT2D eigenvalue weighted by molar-refractivity contribution is 6.72. The highest BCUT2D eigenvalue weighted by Crippen LogP contribution is 2.61. The first-order valence-corrected chi connectivity index (χ1v) is 24.3. The highest BCUT2D eigenvalue weighted by Gasteiger charge is 2.43. The fourth-order valence-corrected chi connectivity index (χ4v) is 11.2. The van der Waals surface area contributed by atoms with E-state index in [2.05, 4.69) is 121 Å². The van der Waals surface area contributed by atoms with E-state index in [0.29, 0.717) is 23.8 Å². The molecular weight excluding hydrogens is 835 g/mol. The van der Waals surface area contributed by atoms with Crippen molar-refractivity contribution in [3.63, 3.8) is 0 Å². The van der Waals surface area contributed by atoms with Crippen LogP contribution in [0.15, 0.2) is 114 Å². The molecule has 0 heterocycles. The quantitative estimate of drug-likeness (QED) is 0.106. The Kier molecular flexibility index (Phi) is 10.9. The van der Waals surface area contributed by atoms with Gasteiger partial charge in [0.2, 0.25) is 0 Å². The van der Waals surface area contributed by atoms with Crippen LogP contribution in [-0.4, -0.2) is 8.80 Å². The topological polar surface area (TPSA) is 18.5 Å². The zero-order valence-corrected chi connectivity index (χ0v) is 38.1. The van der Waals surface area contributed by atoms with Crippen molar-refractivity contribution in [1.82, 2.24) is 0 Å². The number of hydrogen-bond donors (Lipinski definition) is 0. The number of ether oxygens (including phenoxy) is 2. The lowest BCUT2D eigenvalue weighted by Crippen LogP contribution is -2.25. The lowest BCUT2D eigenvalue weighted by molar-refractivity contribution is -0.138. The number of allylic oxidation sites excluding steroid dienone is 2. The van der Waals surface area contributed by atoms with Gasteiger partial charge >= 0.3 is 12.4 Å². The van der Waals surface area contributed by atoms with Crippen molar-refractivity contribution < 1.29 is 35.8 Å². The SMILES string of the molecule is CC1=Cc2cc(C(C)C)ccc2C1c1c(Oc2ccc(C(F)(F)F)cc2)c(Oc2ccc(C(F)(F)F)cc2)c2c(c1C1C(C)=Cc3cc(C(C)C)ccc31)-c1c(cccc1[Si](C)C)C2. The summed E-state index contributed by atoms with van der Waals surface area (Å²) in [6, 6.07) is 29.0. The van der Waals surface area contributed by atoms with E-state index in [9.17, 15) is 26.3 Å². The van der Waals surface area contributed by atoms with Gasteiger partial charge in [-0.25, -0.2) is 0 Å². The van der Waals surface area contributed by atoms with Gasteiger partial charge in [0.25, 0.3) is 0 Å². The van der Waals surface area contributed by atoms with Gasteiger partial charge in [0.15, 0.2) is 11.5 Å². The third-order valence-electron chi connectivity index (χ3n) is 13.1. The molecule has 2 unspecified atom stereocenters. The number of alkyl halides is 6. The highest BCUT2D eigenvalue weighted by atomic mass is 28.3. The van der Waals surface area contributed by atoms with E-state index in [1.54, 1.807) is 0 Å². The van der Waals surface area contributed by atoms with Crippen molar-refractivity contribution in [3.05, 3.63) is 181 Å². The van der Waals surface area contributed by atoms with Crippen LogP contribution >= 0.6 is 0 Å². The monoisotopic (exact) mass is 883 g/mol. The van der Waals surface area contributed by atoms with Gasteiger partial charge in [0.05, 0.1) is 19.9 Å². The molecule has 0 bridgehead atoms. The number of hydrogen-bond acceptors (Lipinski definition) is 2. The van der Waals surface area contributed by atoms with Crippen LogP contribution in [0.3, 0.4) is 0 Å². The van der Waals surface area contributed by atoms with E-state index in [1.807, 2.05) is 0 Å². The van der Waals surface area contributed by atoms with E-state index < -0.39 is 32.3 Å². The summed E-state index contributed by atoms with van der Waals surface area (Å²) in [6.45, 7) is 17.5. The third-order valence-corrected chi connectivity index (χ3v) is 14.6. The summed E-state index contributed by atoms with van der Waals surface area (Å²) in [5.74, 6) is 0.942. The molecule has 0 saturated heterocycles. The van der Waals surface area contributed by atoms with E-state index in [-0.39, 0.29) is 29.3 Å². The average molecular weight is 884 g/mol. The van der Waals surface area contributed by atoms with Crippen molar-refractivity contribution in [2.45, 2.75) is 97.1 Å². The van der Waals surface area contributed by atoms with Crippen LogP contribution in [0.5, 0.6) is 23.0 Å². The Hall–Kier alpha value is -5.80. The Morgan fingerprint density at radius 2 is 1.03 bits per heavy atom. The molecule has 2 atom stereocenters. The van der Waals surface area contributed by atoms with Crippen molar-refractivity contribution in [2.24, 2.45) is 0 Å². The summed E-state index contributed by atoms with van der Waals surface area (Å²) in [4.78, 5) is 0. The third kappa shape index (κ3) is 7.59. The molecule has 9 rings (SSSR count). The summed E-state index contributed by atoms with van der Waals surface area (Å²) < 4.78 is 97.6. The zero-order valence-electron chi connectivity index (χ0n) is 37.1. The van der Waals surface area contributed by atoms with Crippen molar-refractivity contribution >= 4 is 26.1 Å². The van der Waals surface area contributed by atoms with E-state index in [4.69, 9.17) is 9.47 Å². The molecule has 6 aromatic carbocycles. The molecule has 9 heteroatoms. The zero-order chi connectivity index (χ0) is 45.6. The van der Waals surface area contributed by atoms with Gasteiger partial charge in [-0.1, -0.05) is 124 Å². The summed E-state index contributed by atoms with van der Waals surface area (Å²) >= 11 is 0. The van der Waals surface area contributed by atoms with Crippen LogP contribution in [0.4, 0.5) is 26.3 Å². The van der Waals surface area contributed by atoms with Crippen molar-refractivity contribution in [2.75, 3.05) is 0 Å². The predicted molar refractivity (Wildman–Crippen MR) is 247 cm³/mol. The molecule has 6 aromatic rings. The number of fused-ring (bicyclic) bond motifs is 5. The lowest BCUT2D eigenvalue weighted by Gasteiger charge is -2.32. The Morgan fingerprint density at radius 1 is 0.562 bits per heavy atom. The van der Waals surface area contributed by atoms with Gasteiger partial charge in [0.1, 0.15) is 11.5 Å². The number of benzene rings is 6. The average Bonchev–Trinajstić information content (AvgIpc) is 3.89. The van der Waals surface area contributed by atoms with Gasteiger partial charge in [-0.15, -0.1) is 0 Å². The molecule has 1 radical (unpaired) electrons. The normalized spacial score (nSPS) is 16.5. The summed E-state index contributed by atoms with van der Waals surface area (Å²) in [5.41, 5.74) is 13.3. The minimum Gasteiger partial charge on any atom is -0.453 e. The second-order valence-corrected chi connectivity index (χ2v) is 20.9. The summed E-state index contributed by atoms with van der Waals surface area (Å²) in [5, 5.41) is 1.25. The van der Waals surface area contributed by atoms with Crippen LogP contribution in [0.1, 0.15) is 132 Å². The molecule has 2 nitrogen and oxygen atoms in total. The molecule has 0 fully saturated rings. The van der Waals surface area contributed by atoms with E-state index >= 15 is 0 Å². The molecule has 0 amide bonds. The van der Waals surface area contributed by atoms with Gasteiger partial charge in [-0.05, 0) is 130 Å². The van der Waals surface area contributed by atoms with Crippen LogP contribution in [0, 0.1) is 0 Å². The molecule has 0 saturated carbocycles. The molecule has 3 aliphatic rings. The van der Waals surface area contributed by atoms with E-state index in [1.165, 1.54) is 40.6 Å². The van der Waals surface area contributed by atoms with Crippen LogP contribution in [-0.2, 0) is 18.8 Å². The van der Waals surface area contributed by atoms with Crippen LogP contribution < -0.4 is 14.7 Å².